The summed E-state index contributed by atoms with van der Waals surface area (Å²) >= 11 is 0. The molecule has 0 aliphatic carbocycles. The Hall–Kier alpha value is -4.89. The van der Waals surface area contributed by atoms with Gasteiger partial charge in [0, 0.05) is 39.8 Å². The fourth-order valence-corrected chi connectivity index (χ4v) is 4.60. The van der Waals surface area contributed by atoms with E-state index in [9.17, 15) is 9.18 Å². The van der Waals surface area contributed by atoms with Crippen molar-refractivity contribution in [2.24, 2.45) is 0 Å². The molecule has 9 heteroatoms. The molecule has 0 bridgehead atoms. The Balaban J connectivity index is 1.38. The fourth-order valence-electron chi connectivity index (χ4n) is 4.60. The lowest BCUT2D eigenvalue weighted by Gasteiger charge is -2.11. The van der Waals surface area contributed by atoms with E-state index in [0.29, 0.717) is 16.9 Å². The molecule has 4 aromatic heterocycles. The molecule has 38 heavy (non-hydrogen) atoms. The highest BCUT2D eigenvalue weighted by molar-refractivity contribution is 6.01. The zero-order chi connectivity index (χ0) is 26.2. The number of hydrogen-bond acceptors (Lipinski definition) is 5. The molecule has 0 aliphatic rings. The number of benzene rings is 2. The summed E-state index contributed by atoms with van der Waals surface area (Å²) in [5.74, 6) is -0.411. The number of aromatic nitrogens is 5. The second-order valence-electron chi connectivity index (χ2n) is 9.39. The van der Waals surface area contributed by atoms with Crippen LogP contribution in [0.25, 0.3) is 55.6 Å². The first kappa shape index (κ1) is 23.5. The van der Waals surface area contributed by atoms with Crippen LogP contribution in [0.4, 0.5) is 10.1 Å². The van der Waals surface area contributed by atoms with Crippen LogP contribution in [0.2, 0.25) is 0 Å². The minimum absolute atomic E-state index is 0.104. The molecule has 0 fully saturated rings. The number of carbonyl (C=O) groups is 1. The number of rotatable bonds is 6. The van der Waals surface area contributed by atoms with Gasteiger partial charge in [-0.25, -0.2) is 4.39 Å². The van der Waals surface area contributed by atoms with Crippen LogP contribution in [0, 0.1) is 5.82 Å². The van der Waals surface area contributed by atoms with Crippen molar-refractivity contribution in [1.29, 1.82) is 0 Å². The molecule has 1 amide bonds. The van der Waals surface area contributed by atoms with Crippen molar-refractivity contribution < 1.29 is 9.18 Å². The largest absolute Gasteiger partial charge is 0.353 e. The highest BCUT2D eigenvalue weighted by atomic mass is 19.1. The molecule has 0 spiro atoms. The number of nitrogens with one attached hydrogen (secondary N) is 3. The maximum absolute atomic E-state index is 13.9. The third-order valence-electron chi connectivity index (χ3n) is 6.28. The van der Waals surface area contributed by atoms with Gasteiger partial charge in [-0.1, -0.05) is 18.2 Å². The second kappa shape index (κ2) is 9.53. The molecule has 4 heterocycles. The van der Waals surface area contributed by atoms with Gasteiger partial charge >= 0.3 is 0 Å². The van der Waals surface area contributed by atoms with Crippen molar-refractivity contribution >= 4 is 33.4 Å². The van der Waals surface area contributed by atoms with Crippen molar-refractivity contribution in [3.63, 3.8) is 0 Å². The molecule has 6 aromatic rings. The van der Waals surface area contributed by atoms with Crippen LogP contribution in [0.15, 0.2) is 79.3 Å². The summed E-state index contributed by atoms with van der Waals surface area (Å²) < 4.78 is 13.9. The molecule has 0 radical (unpaired) electrons. The molecule has 6 rings (SSSR count). The van der Waals surface area contributed by atoms with Crippen LogP contribution in [0.3, 0.4) is 0 Å². The molecule has 0 unspecified atom stereocenters. The first-order valence-electron chi connectivity index (χ1n) is 12.1. The van der Waals surface area contributed by atoms with Crippen LogP contribution >= 0.6 is 0 Å². The van der Waals surface area contributed by atoms with Crippen LogP contribution in [0.1, 0.15) is 0 Å². The van der Waals surface area contributed by atoms with Crippen LogP contribution < -0.4 is 5.32 Å². The number of anilines is 1. The number of fused-ring (bicyclic) bond motifs is 2. The Labute approximate surface area is 217 Å². The number of nitrogens with zero attached hydrogens (tertiary/aromatic N) is 4. The Bertz CT molecular complexity index is 1800. The number of likely N-dealkylation sites (N-methyl/N-ethyl adjacent to an activating group) is 1. The average Bonchev–Trinajstić information content (AvgIpc) is 3.52. The maximum atomic E-state index is 13.9. The predicted octanol–water partition coefficient (Wildman–Crippen LogP) is 5.47. The number of H-pyrrole nitrogens is 2. The van der Waals surface area contributed by atoms with Crippen LogP contribution in [-0.2, 0) is 4.79 Å². The van der Waals surface area contributed by atoms with Crippen LogP contribution in [-0.4, -0.2) is 56.6 Å². The number of halogens is 1. The number of carbonyl (C=O) groups excluding carboxylic acids is 1. The van der Waals surface area contributed by atoms with E-state index in [-0.39, 0.29) is 18.3 Å². The van der Waals surface area contributed by atoms with E-state index in [1.165, 1.54) is 12.1 Å². The third kappa shape index (κ3) is 4.51. The fraction of sp³-hybridized carbons (Fsp3) is 0.103. The average molecular weight is 506 g/mol. The predicted molar refractivity (Wildman–Crippen MR) is 147 cm³/mol. The second-order valence-corrected chi connectivity index (χ2v) is 9.39. The molecular weight excluding hydrogens is 481 g/mol. The summed E-state index contributed by atoms with van der Waals surface area (Å²) in [5.41, 5.74) is 7.19. The molecule has 0 saturated heterocycles. The van der Waals surface area contributed by atoms with Gasteiger partial charge in [0.1, 0.15) is 11.5 Å². The van der Waals surface area contributed by atoms with E-state index in [1.54, 1.807) is 24.7 Å². The molecular formula is C29H24FN7O. The van der Waals surface area contributed by atoms with Gasteiger partial charge in [-0.15, -0.1) is 0 Å². The standard InChI is InChI=1S/C29H24FN7O/c1-37(2)16-27(38)33-21-11-19(14-31-15-21)17-6-7-25-22(12-17)29(36-35-25)26-13-23-24(34-26)8-9-32-28(23)18-4-3-5-20(30)10-18/h3-15,34H,16H2,1-2H3,(H,33,38)(H,35,36). The number of aromatic amines is 2. The molecule has 8 nitrogen and oxygen atoms in total. The summed E-state index contributed by atoms with van der Waals surface area (Å²) in [6, 6.07) is 18.2. The normalized spacial score (nSPS) is 11.5. The molecule has 3 N–H and O–H groups in total. The van der Waals surface area contributed by atoms with Crippen molar-refractivity contribution in [2.45, 2.75) is 0 Å². The van der Waals surface area contributed by atoms with Crippen LogP contribution in [0.5, 0.6) is 0 Å². The minimum Gasteiger partial charge on any atom is -0.353 e. The molecule has 188 valence electrons. The Morgan fingerprint density at radius 2 is 1.79 bits per heavy atom. The van der Waals surface area contributed by atoms with Crippen molar-refractivity contribution in [3.8, 4) is 33.8 Å². The van der Waals surface area contributed by atoms with Gasteiger partial charge in [-0.2, -0.15) is 5.10 Å². The van der Waals surface area contributed by atoms with Gasteiger partial charge in [-0.05, 0) is 62.1 Å². The van der Waals surface area contributed by atoms with E-state index in [2.05, 4.69) is 30.5 Å². The third-order valence-corrected chi connectivity index (χ3v) is 6.28. The van der Waals surface area contributed by atoms with Gasteiger partial charge in [0.15, 0.2) is 0 Å². The highest BCUT2D eigenvalue weighted by Gasteiger charge is 2.15. The summed E-state index contributed by atoms with van der Waals surface area (Å²) in [7, 11) is 3.69. The monoisotopic (exact) mass is 505 g/mol. The zero-order valence-electron chi connectivity index (χ0n) is 20.8. The summed E-state index contributed by atoms with van der Waals surface area (Å²) in [6.45, 7) is 0.287. The number of hydrogen-bond donors (Lipinski definition) is 3. The SMILES string of the molecule is CN(C)CC(=O)Nc1cncc(-c2ccc3[nH]nc(-c4cc5c(-c6cccc(F)c6)nccc5[nH]4)c3c2)c1. The molecule has 0 aliphatic heterocycles. The Morgan fingerprint density at radius 3 is 2.63 bits per heavy atom. The van der Waals surface area contributed by atoms with Crippen molar-refractivity contribution in [1.82, 2.24) is 30.0 Å². The first-order valence-corrected chi connectivity index (χ1v) is 12.1. The van der Waals surface area contributed by atoms with E-state index < -0.39 is 0 Å². The molecule has 2 aromatic carbocycles. The topological polar surface area (TPSA) is 103 Å². The Kier molecular flexibility index (Phi) is 5.89. The van der Waals surface area contributed by atoms with Crippen molar-refractivity contribution in [2.75, 3.05) is 26.0 Å². The van der Waals surface area contributed by atoms with Gasteiger partial charge in [0.05, 0.1) is 35.3 Å². The minimum atomic E-state index is -0.307. The lowest BCUT2D eigenvalue weighted by Crippen LogP contribution is -2.27. The van der Waals surface area contributed by atoms with Gasteiger partial charge in [0.2, 0.25) is 5.91 Å². The Morgan fingerprint density at radius 1 is 0.921 bits per heavy atom. The summed E-state index contributed by atoms with van der Waals surface area (Å²) in [6.07, 6.45) is 5.11. The van der Waals surface area contributed by atoms with E-state index >= 15 is 0 Å². The van der Waals surface area contributed by atoms with E-state index in [4.69, 9.17) is 0 Å². The lowest BCUT2D eigenvalue weighted by atomic mass is 10.0. The summed E-state index contributed by atoms with van der Waals surface area (Å²) in [4.78, 5) is 26.3. The molecule has 0 atom stereocenters. The van der Waals surface area contributed by atoms with Gasteiger partial charge in [-0.3, -0.25) is 19.9 Å². The smallest absolute Gasteiger partial charge is 0.238 e. The van der Waals surface area contributed by atoms with E-state index in [0.717, 1.165) is 44.3 Å². The quantitative estimate of drug-likeness (QED) is 0.278. The lowest BCUT2D eigenvalue weighted by molar-refractivity contribution is -0.116. The van der Waals surface area contributed by atoms with Gasteiger partial charge in [0.25, 0.3) is 0 Å². The zero-order valence-corrected chi connectivity index (χ0v) is 20.8. The maximum Gasteiger partial charge on any atom is 0.238 e. The number of pyridine rings is 2. The highest BCUT2D eigenvalue weighted by Crippen LogP contribution is 2.34. The van der Waals surface area contributed by atoms with E-state index in [1.807, 2.05) is 61.5 Å². The summed E-state index contributed by atoms with van der Waals surface area (Å²) in [5, 5.41) is 12.4. The molecule has 0 saturated carbocycles. The first-order chi connectivity index (χ1) is 18.4. The van der Waals surface area contributed by atoms with Gasteiger partial charge < -0.3 is 15.2 Å². The van der Waals surface area contributed by atoms with Crippen molar-refractivity contribution in [3.05, 3.63) is 85.1 Å². The number of amides is 1.